The van der Waals surface area contributed by atoms with E-state index in [4.69, 9.17) is 5.73 Å². The van der Waals surface area contributed by atoms with E-state index < -0.39 is 21.5 Å². The van der Waals surface area contributed by atoms with E-state index in [1.54, 1.807) is 0 Å². The van der Waals surface area contributed by atoms with Crippen molar-refractivity contribution in [3.8, 4) is 0 Å². The fourth-order valence-corrected chi connectivity index (χ4v) is 4.22. The van der Waals surface area contributed by atoms with Gasteiger partial charge in [-0.15, -0.1) is 0 Å². The van der Waals surface area contributed by atoms with Crippen LogP contribution in [-0.4, -0.2) is 36.7 Å². The zero-order valence-corrected chi connectivity index (χ0v) is 9.55. The first-order valence-corrected chi connectivity index (χ1v) is 6.78. The average molecular weight is 221 g/mol. The number of sulfone groups is 1. The molecule has 0 saturated carbocycles. The molecule has 3 atom stereocenters. The smallest absolute Gasteiger partial charge is 0.153 e. The van der Waals surface area contributed by atoms with Crippen LogP contribution in [0.4, 0.5) is 0 Å². The lowest BCUT2D eigenvalue weighted by atomic mass is 9.81. The van der Waals surface area contributed by atoms with Gasteiger partial charge >= 0.3 is 0 Å². The fraction of sp³-hybridized carbons (Fsp3) is 1.00. The van der Waals surface area contributed by atoms with Crippen molar-refractivity contribution >= 4 is 9.84 Å². The Kier molecular flexibility index (Phi) is 3.23. The fourth-order valence-electron chi connectivity index (χ4n) is 2.18. The maximum absolute atomic E-state index is 11.3. The van der Waals surface area contributed by atoms with Gasteiger partial charge in [0.2, 0.25) is 0 Å². The van der Waals surface area contributed by atoms with Gasteiger partial charge in [-0.3, -0.25) is 0 Å². The first-order chi connectivity index (χ1) is 6.28. The Balaban J connectivity index is 2.80. The van der Waals surface area contributed by atoms with Crippen molar-refractivity contribution in [3.63, 3.8) is 0 Å². The summed E-state index contributed by atoms with van der Waals surface area (Å²) in [6.45, 7) is 3.83. The minimum atomic E-state index is -3.08. The van der Waals surface area contributed by atoms with Crippen LogP contribution in [0.15, 0.2) is 0 Å². The van der Waals surface area contributed by atoms with E-state index in [9.17, 15) is 13.5 Å². The summed E-state index contributed by atoms with van der Waals surface area (Å²) in [5, 5.41) is 9.63. The molecular formula is C9H19NO3S. The molecule has 0 radical (unpaired) electrons. The van der Waals surface area contributed by atoms with Crippen molar-refractivity contribution in [2.24, 2.45) is 11.7 Å². The lowest BCUT2D eigenvalue weighted by Crippen LogP contribution is -2.48. The summed E-state index contributed by atoms with van der Waals surface area (Å²) in [6.07, 6.45) is 0.849. The van der Waals surface area contributed by atoms with Gasteiger partial charge in [-0.25, -0.2) is 8.42 Å². The maximum atomic E-state index is 11.3. The van der Waals surface area contributed by atoms with Crippen molar-refractivity contribution in [2.45, 2.75) is 38.3 Å². The van der Waals surface area contributed by atoms with Gasteiger partial charge in [0.1, 0.15) is 0 Å². The first kappa shape index (κ1) is 11.9. The second-order valence-electron chi connectivity index (χ2n) is 4.51. The third kappa shape index (κ3) is 2.46. The molecule has 0 spiro atoms. The standard InChI is InChI=1S/C9H19NO3S/c1-3-4-9(2,10)7-5-14(12,13)6-8(7)11/h7-8,11H,3-6,10H2,1-2H3. The topological polar surface area (TPSA) is 80.4 Å². The quantitative estimate of drug-likeness (QED) is 0.698. The van der Waals surface area contributed by atoms with Crippen LogP contribution in [0.5, 0.6) is 0 Å². The third-order valence-electron chi connectivity index (χ3n) is 2.96. The Labute approximate surface area is 85.4 Å². The summed E-state index contributed by atoms with van der Waals surface area (Å²) in [5.41, 5.74) is 5.45. The van der Waals surface area contributed by atoms with E-state index in [-0.39, 0.29) is 17.4 Å². The van der Waals surface area contributed by atoms with Crippen LogP contribution in [0.2, 0.25) is 0 Å². The molecule has 1 fully saturated rings. The van der Waals surface area contributed by atoms with Crippen molar-refractivity contribution in [3.05, 3.63) is 0 Å². The van der Waals surface area contributed by atoms with Crippen molar-refractivity contribution in [1.29, 1.82) is 0 Å². The predicted molar refractivity (Wildman–Crippen MR) is 55.7 cm³/mol. The van der Waals surface area contributed by atoms with E-state index >= 15 is 0 Å². The Bertz CT molecular complexity index is 297. The average Bonchev–Trinajstić information content (AvgIpc) is 2.25. The van der Waals surface area contributed by atoms with Gasteiger partial charge in [0, 0.05) is 11.5 Å². The molecule has 0 aromatic carbocycles. The zero-order chi connectivity index (χ0) is 11.0. The number of hydrogen-bond donors (Lipinski definition) is 2. The summed E-state index contributed by atoms with van der Waals surface area (Å²) in [4.78, 5) is 0. The largest absolute Gasteiger partial charge is 0.392 e. The van der Waals surface area contributed by atoms with Crippen LogP contribution >= 0.6 is 0 Å². The van der Waals surface area contributed by atoms with E-state index in [2.05, 4.69) is 0 Å². The molecule has 0 aromatic heterocycles. The van der Waals surface area contributed by atoms with E-state index in [1.807, 2.05) is 13.8 Å². The molecule has 1 aliphatic heterocycles. The molecular weight excluding hydrogens is 202 g/mol. The summed E-state index contributed by atoms with van der Waals surface area (Å²) >= 11 is 0. The molecule has 1 heterocycles. The lowest BCUT2D eigenvalue weighted by Gasteiger charge is -2.32. The van der Waals surface area contributed by atoms with Gasteiger partial charge in [-0.05, 0) is 13.3 Å². The molecule has 3 N–H and O–H groups in total. The van der Waals surface area contributed by atoms with Crippen LogP contribution in [0.3, 0.4) is 0 Å². The van der Waals surface area contributed by atoms with Crippen LogP contribution in [0.1, 0.15) is 26.7 Å². The van der Waals surface area contributed by atoms with E-state index in [1.165, 1.54) is 0 Å². The molecule has 0 bridgehead atoms. The van der Waals surface area contributed by atoms with Crippen molar-refractivity contribution in [2.75, 3.05) is 11.5 Å². The summed E-state index contributed by atoms with van der Waals surface area (Å²) in [7, 11) is -3.08. The third-order valence-corrected chi connectivity index (χ3v) is 4.67. The minimum Gasteiger partial charge on any atom is -0.392 e. The second-order valence-corrected chi connectivity index (χ2v) is 6.66. The molecule has 0 aliphatic carbocycles. The van der Waals surface area contributed by atoms with Gasteiger partial charge in [-0.1, -0.05) is 13.3 Å². The van der Waals surface area contributed by atoms with Gasteiger partial charge in [-0.2, -0.15) is 0 Å². The highest BCUT2D eigenvalue weighted by Gasteiger charge is 2.44. The molecule has 1 rings (SSSR count). The van der Waals surface area contributed by atoms with Gasteiger partial charge in [0.05, 0.1) is 17.6 Å². The number of nitrogens with two attached hydrogens (primary N) is 1. The molecule has 1 saturated heterocycles. The Morgan fingerprint density at radius 2 is 2.07 bits per heavy atom. The summed E-state index contributed by atoms with van der Waals surface area (Å²) in [5.74, 6) is -0.414. The molecule has 84 valence electrons. The molecule has 3 unspecified atom stereocenters. The summed E-state index contributed by atoms with van der Waals surface area (Å²) in [6, 6.07) is 0. The Hall–Kier alpha value is -0.130. The SMILES string of the molecule is CCCC(C)(N)C1CS(=O)(=O)CC1O. The van der Waals surface area contributed by atoms with Crippen molar-refractivity contribution < 1.29 is 13.5 Å². The molecule has 0 amide bonds. The highest BCUT2D eigenvalue weighted by atomic mass is 32.2. The highest BCUT2D eigenvalue weighted by molar-refractivity contribution is 7.91. The summed E-state index contributed by atoms with van der Waals surface area (Å²) < 4.78 is 22.6. The lowest BCUT2D eigenvalue weighted by molar-refractivity contribution is 0.100. The molecule has 14 heavy (non-hydrogen) atoms. The number of aliphatic hydroxyl groups is 1. The van der Waals surface area contributed by atoms with Crippen LogP contribution in [-0.2, 0) is 9.84 Å². The molecule has 5 heteroatoms. The van der Waals surface area contributed by atoms with Crippen LogP contribution < -0.4 is 5.73 Å². The van der Waals surface area contributed by atoms with Crippen LogP contribution in [0, 0.1) is 5.92 Å². The zero-order valence-electron chi connectivity index (χ0n) is 8.73. The molecule has 1 aliphatic rings. The molecule has 4 nitrogen and oxygen atoms in total. The van der Waals surface area contributed by atoms with Crippen molar-refractivity contribution in [1.82, 2.24) is 0 Å². The van der Waals surface area contributed by atoms with Crippen LogP contribution in [0.25, 0.3) is 0 Å². The number of rotatable bonds is 3. The monoisotopic (exact) mass is 221 g/mol. The minimum absolute atomic E-state index is 0.0289. The normalized spacial score (nSPS) is 35.4. The molecule has 0 aromatic rings. The number of aliphatic hydroxyl groups excluding tert-OH is 1. The van der Waals surface area contributed by atoms with Gasteiger partial charge < -0.3 is 10.8 Å². The Morgan fingerprint density at radius 3 is 2.43 bits per heavy atom. The van der Waals surface area contributed by atoms with Gasteiger partial charge in [0.25, 0.3) is 0 Å². The Morgan fingerprint density at radius 1 is 1.50 bits per heavy atom. The van der Waals surface area contributed by atoms with E-state index in [0.29, 0.717) is 0 Å². The highest BCUT2D eigenvalue weighted by Crippen LogP contribution is 2.30. The second kappa shape index (κ2) is 3.79. The predicted octanol–water partition coefficient (Wildman–Crippen LogP) is -0.0906. The first-order valence-electron chi connectivity index (χ1n) is 4.96. The van der Waals surface area contributed by atoms with E-state index in [0.717, 1.165) is 12.8 Å². The van der Waals surface area contributed by atoms with Gasteiger partial charge in [0.15, 0.2) is 9.84 Å². The number of hydrogen-bond acceptors (Lipinski definition) is 4. The maximum Gasteiger partial charge on any atom is 0.153 e.